The molecule has 1 aromatic heterocycles. The van der Waals surface area contributed by atoms with Gasteiger partial charge in [-0.15, -0.1) is 0 Å². The van der Waals surface area contributed by atoms with Crippen molar-refractivity contribution < 1.29 is 9.59 Å². The predicted molar refractivity (Wildman–Crippen MR) is 95.9 cm³/mol. The Morgan fingerprint density at radius 2 is 1.92 bits per heavy atom. The number of piperidine rings is 1. The smallest absolute Gasteiger partial charge is 0.227 e. The minimum Gasteiger partial charge on any atom is -0.343 e. The van der Waals surface area contributed by atoms with Crippen molar-refractivity contribution in [1.82, 2.24) is 14.7 Å². The predicted octanol–water partition coefficient (Wildman–Crippen LogP) is 2.23. The molecule has 1 saturated heterocycles. The molecule has 0 spiro atoms. The summed E-state index contributed by atoms with van der Waals surface area (Å²) in [6, 6.07) is 10.1. The highest BCUT2D eigenvalue weighted by molar-refractivity contribution is 5.92. The van der Waals surface area contributed by atoms with Crippen molar-refractivity contribution in [3.05, 3.63) is 48.3 Å². The molecule has 1 aliphatic heterocycles. The minimum absolute atomic E-state index is 0.0179. The van der Waals surface area contributed by atoms with Crippen LogP contribution in [-0.2, 0) is 23.1 Å². The molecule has 1 aromatic carbocycles. The summed E-state index contributed by atoms with van der Waals surface area (Å²) in [4.78, 5) is 26.6. The number of aromatic nitrogens is 2. The van der Waals surface area contributed by atoms with Crippen LogP contribution in [0.15, 0.2) is 42.7 Å². The number of likely N-dealkylation sites (tertiary alicyclic amines) is 1. The molecule has 0 atom stereocenters. The molecule has 1 aliphatic rings. The summed E-state index contributed by atoms with van der Waals surface area (Å²) in [5, 5.41) is 6.94. The van der Waals surface area contributed by atoms with Gasteiger partial charge in [0.05, 0.1) is 11.9 Å². The van der Waals surface area contributed by atoms with E-state index in [1.807, 2.05) is 42.3 Å². The average Bonchev–Trinajstić information content (AvgIpc) is 3.05. The molecule has 0 unspecified atom stereocenters. The summed E-state index contributed by atoms with van der Waals surface area (Å²) < 4.78 is 1.66. The number of rotatable bonds is 5. The van der Waals surface area contributed by atoms with Gasteiger partial charge in [-0.3, -0.25) is 14.3 Å². The lowest BCUT2D eigenvalue weighted by Gasteiger charge is -2.31. The average molecular weight is 340 g/mol. The van der Waals surface area contributed by atoms with Gasteiger partial charge >= 0.3 is 0 Å². The van der Waals surface area contributed by atoms with Gasteiger partial charge in [-0.05, 0) is 24.8 Å². The molecule has 1 N–H and O–H groups in total. The van der Waals surface area contributed by atoms with Crippen LogP contribution in [0.25, 0.3) is 0 Å². The maximum absolute atomic E-state index is 12.4. The lowest BCUT2D eigenvalue weighted by Crippen LogP contribution is -2.41. The number of carbonyl (C=O) groups is 2. The molecule has 2 heterocycles. The third-order valence-electron chi connectivity index (χ3n) is 4.66. The molecule has 6 nitrogen and oxygen atoms in total. The van der Waals surface area contributed by atoms with Crippen LogP contribution in [0.4, 0.5) is 5.69 Å². The molecule has 0 bridgehead atoms. The minimum atomic E-state index is -0.0432. The summed E-state index contributed by atoms with van der Waals surface area (Å²) in [5.41, 5.74) is 1.90. The molecule has 132 valence electrons. The molecule has 2 aromatic rings. The molecule has 6 heteroatoms. The van der Waals surface area contributed by atoms with Crippen molar-refractivity contribution in [2.45, 2.75) is 25.7 Å². The fraction of sp³-hybridized carbons (Fsp3) is 0.421. The summed E-state index contributed by atoms with van der Waals surface area (Å²) in [6.45, 7) is 1.30. The van der Waals surface area contributed by atoms with E-state index in [-0.39, 0.29) is 17.7 Å². The number of carbonyl (C=O) groups excluding carboxylic acids is 2. The first-order valence-corrected chi connectivity index (χ1v) is 8.73. The third-order valence-corrected chi connectivity index (χ3v) is 4.66. The van der Waals surface area contributed by atoms with Crippen LogP contribution >= 0.6 is 0 Å². The second kappa shape index (κ2) is 7.96. The number of nitrogens with zero attached hydrogens (tertiary/aromatic N) is 3. The Balaban J connectivity index is 1.43. The van der Waals surface area contributed by atoms with Crippen molar-refractivity contribution >= 4 is 17.5 Å². The van der Waals surface area contributed by atoms with Crippen molar-refractivity contribution in [1.29, 1.82) is 0 Å². The molecule has 0 aliphatic carbocycles. The van der Waals surface area contributed by atoms with E-state index in [0.717, 1.165) is 6.42 Å². The Morgan fingerprint density at radius 1 is 1.20 bits per heavy atom. The largest absolute Gasteiger partial charge is 0.343 e. The van der Waals surface area contributed by atoms with Gasteiger partial charge in [-0.1, -0.05) is 30.3 Å². The molecule has 3 rings (SSSR count). The fourth-order valence-corrected chi connectivity index (χ4v) is 3.18. The Hall–Kier alpha value is -2.63. The number of hydrogen-bond acceptors (Lipinski definition) is 3. The van der Waals surface area contributed by atoms with E-state index in [1.165, 1.54) is 5.56 Å². The van der Waals surface area contributed by atoms with Crippen molar-refractivity contribution in [3.63, 3.8) is 0 Å². The normalized spacial score (nSPS) is 15.2. The standard InChI is InChI=1S/C19H24N4O2/c1-22-14-17(13-20-22)21-19(25)16-9-11-23(12-10-16)18(24)8-7-15-5-3-2-4-6-15/h2-6,13-14,16H,7-12H2,1H3,(H,21,25). The Kier molecular flexibility index (Phi) is 5.48. The van der Waals surface area contributed by atoms with E-state index in [2.05, 4.69) is 10.4 Å². The summed E-state index contributed by atoms with van der Waals surface area (Å²) in [5.74, 6) is 0.151. The molecule has 2 amide bonds. The zero-order valence-electron chi connectivity index (χ0n) is 14.5. The number of hydrogen-bond donors (Lipinski definition) is 1. The SMILES string of the molecule is Cn1cc(NC(=O)C2CCN(C(=O)CCc3ccccc3)CC2)cn1. The zero-order valence-corrected chi connectivity index (χ0v) is 14.5. The van der Waals surface area contributed by atoms with Gasteiger partial charge in [0.15, 0.2) is 0 Å². The van der Waals surface area contributed by atoms with Gasteiger partial charge in [0, 0.05) is 38.7 Å². The number of amides is 2. The maximum Gasteiger partial charge on any atom is 0.227 e. The van der Waals surface area contributed by atoms with Crippen LogP contribution in [0.5, 0.6) is 0 Å². The second-order valence-corrected chi connectivity index (χ2v) is 6.53. The Bertz CT molecular complexity index is 718. The summed E-state index contributed by atoms with van der Waals surface area (Å²) >= 11 is 0. The van der Waals surface area contributed by atoms with Crippen LogP contribution in [0.1, 0.15) is 24.8 Å². The van der Waals surface area contributed by atoms with Crippen LogP contribution in [-0.4, -0.2) is 39.6 Å². The highest BCUT2D eigenvalue weighted by Crippen LogP contribution is 2.20. The number of benzene rings is 1. The first-order valence-electron chi connectivity index (χ1n) is 8.73. The summed E-state index contributed by atoms with van der Waals surface area (Å²) in [7, 11) is 1.81. The van der Waals surface area contributed by atoms with Crippen LogP contribution in [0, 0.1) is 5.92 Å². The summed E-state index contributed by atoms with van der Waals surface area (Å²) in [6.07, 6.45) is 6.13. The molecular weight excluding hydrogens is 316 g/mol. The van der Waals surface area contributed by atoms with Gasteiger partial charge in [-0.2, -0.15) is 5.10 Å². The zero-order chi connectivity index (χ0) is 17.6. The molecule has 25 heavy (non-hydrogen) atoms. The first kappa shape index (κ1) is 17.2. The van der Waals surface area contributed by atoms with Gasteiger partial charge in [0.1, 0.15) is 0 Å². The van der Waals surface area contributed by atoms with Gasteiger partial charge in [0.25, 0.3) is 0 Å². The molecular formula is C19H24N4O2. The second-order valence-electron chi connectivity index (χ2n) is 6.53. The molecule has 0 radical (unpaired) electrons. The fourth-order valence-electron chi connectivity index (χ4n) is 3.18. The maximum atomic E-state index is 12.4. The van der Waals surface area contributed by atoms with Crippen molar-refractivity contribution in [2.75, 3.05) is 18.4 Å². The highest BCUT2D eigenvalue weighted by Gasteiger charge is 2.27. The number of anilines is 1. The van der Waals surface area contributed by atoms with E-state index in [9.17, 15) is 9.59 Å². The van der Waals surface area contributed by atoms with E-state index in [1.54, 1.807) is 17.1 Å². The Morgan fingerprint density at radius 3 is 2.56 bits per heavy atom. The van der Waals surface area contributed by atoms with Crippen molar-refractivity contribution in [2.24, 2.45) is 13.0 Å². The quantitative estimate of drug-likeness (QED) is 0.907. The van der Waals surface area contributed by atoms with E-state index in [0.29, 0.717) is 38.0 Å². The van der Waals surface area contributed by atoms with Crippen molar-refractivity contribution in [3.8, 4) is 0 Å². The third kappa shape index (κ3) is 4.68. The number of aryl methyl sites for hydroxylation is 2. The Labute approximate surface area is 147 Å². The topological polar surface area (TPSA) is 67.2 Å². The lowest BCUT2D eigenvalue weighted by molar-refractivity contribution is -0.134. The first-order chi connectivity index (χ1) is 12.1. The van der Waals surface area contributed by atoms with Crippen LogP contribution < -0.4 is 5.32 Å². The molecule has 0 saturated carbocycles. The monoisotopic (exact) mass is 340 g/mol. The number of nitrogens with one attached hydrogen (secondary N) is 1. The van der Waals surface area contributed by atoms with E-state index in [4.69, 9.17) is 0 Å². The van der Waals surface area contributed by atoms with Crippen LogP contribution in [0.3, 0.4) is 0 Å². The van der Waals surface area contributed by atoms with Crippen LogP contribution in [0.2, 0.25) is 0 Å². The van der Waals surface area contributed by atoms with E-state index < -0.39 is 0 Å². The molecule has 1 fully saturated rings. The van der Waals surface area contributed by atoms with Gasteiger partial charge < -0.3 is 10.2 Å². The lowest BCUT2D eigenvalue weighted by atomic mass is 9.95. The van der Waals surface area contributed by atoms with Gasteiger partial charge in [-0.25, -0.2) is 0 Å². The van der Waals surface area contributed by atoms with Gasteiger partial charge in [0.2, 0.25) is 11.8 Å². The highest BCUT2D eigenvalue weighted by atomic mass is 16.2. The van der Waals surface area contributed by atoms with E-state index >= 15 is 0 Å².